The molecule has 55 heavy (non-hydrogen) atoms. The lowest BCUT2D eigenvalue weighted by Gasteiger charge is -2.13. The van der Waals surface area contributed by atoms with Gasteiger partial charge in [0.05, 0.1) is 11.0 Å². The van der Waals surface area contributed by atoms with Crippen LogP contribution in [0.5, 0.6) is 0 Å². The lowest BCUT2D eigenvalue weighted by Crippen LogP contribution is -2.02. The van der Waals surface area contributed by atoms with Gasteiger partial charge in [-0.2, -0.15) is 0 Å². The first-order valence-electron chi connectivity index (χ1n) is 18.0. The molecule has 0 saturated carbocycles. The number of hydrogen-bond donors (Lipinski definition) is 0. The molecule has 0 aliphatic rings. The van der Waals surface area contributed by atoms with Crippen molar-refractivity contribution >= 4 is 44.0 Å². The van der Waals surface area contributed by atoms with Crippen LogP contribution in [0.4, 0.5) is 0 Å². The second-order valence-corrected chi connectivity index (χ2v) is 13.3. The van der Waals surface area contributed by atoms with Gasteiger partial charge in [0.15, 0.2) is 28.6 Å². The molecule has 0 N–H and O–H groups in total. The summed E-state index contributed by atoms with van der Waals surface area (Å²) in [5.41, 5.74) is 10.6. The van der Waals surface area contributed by atoms with E-state index in [-0.39, 0.29) is 0 Å². The van der Waals surface area contributed by atoms with Crippen molar-refractivity contribution in [3.8, 4) is 62.8 Å². The maximum Gasteiger partial charge on any atom is 0.227 e. The Labute approximate surface area is 314 Å². The average Bonchev–Trinajstić information content (AvgIpc) is 3.98. The Morgan fingerprint density at radius 2 is 0.855 bits per heavy atom. The van der Waals surface area contributed by atoms with Crippen molar-refractivity contribution < 1.29 is 8.83 Å². The Bertz CT molecular complexity index is 3000. The van der Waals surface area contributed by atoms with Crippen molar-refractivity contribution in [1.82, 2.24) is 29.5 Å². The van der Waals surface area contributed by atoms with E-state index >= 15 is 0 Å². The molecule has 11 aromatic rings. The van der Waals surface area contributed by atoms with Gasteiger partial charge in [-0.15, -0.1) is 0 Å². The van der Waals surface area contributed by atoms with E-state index in [2.05, 4.69) is 71.3 Å². The molecule has 7 aromatic carbocycles. The van der Waals surface area contributed by atoms with Gasteiger partial charge in [0, 0.05) is 44.3 Å². The molecule has 0 spiro atoms. The highest BCUT2D eigenvalue weighted by molar-refractivity contribution is 6.13. The highest BCUT2D eigenvalue weighted by Gasteiger charge is 2.20. The molecule has 0 fully saturated rings. The Kier molecular flexibility index (Phi) is 6.99. The lowest BCUT2D eigenvalue weighted by atomic mass is 10.1. The summed E-state index contributed by atoms with van der Waals surface area (Å²) in [6, 6.07) is 56.8. The second-order valence-electron chi connectivity index (χ2n) is 13.3. The summed E-state index contributed by atoms with van der Waals surface area (Å²) in [7, 11) is 0. The number of aromatic nitrogens is 6. The van der Waals surface area contributed by atoms with Crippen LogP contribution in [0.3, 0.4) is 0 Å². The lowest BCUT2D eigenvalue weighted by molar-refractivity contribution is 0.619. The van der Waals surface area contributed by atoms with Crippen molar-refractivity contribution in [2.24, 2.45) is 0 Å². The van der Waals surface area contributed by atoms with Crippen LogP contribution in [0, 0.1) is 0 Å². The average molecular weight is 709 g/mol. The molecule has 8 nitrogen and oxygen atoms in total. The summed E-state index contributed by atoms with van der Waals surface area (Å²) in [4.78, 5) is 24.8. The van der Waals surface area contributed by atoms with Crippen molar-refractivity contribution in [3.63, 3.8) is 0 Å². The van der Waals surface area contributed by atoms with E-state index in [1.807, 2.05) is 103 Å². The smallest absolute Gasteiger partial charge is 0.227 e. The van der Waals surface area contributed by atoms with E-state index in [1.54, 1.807) is 0 Å². The number of rotatable bonds is 6. The van der Waals surface area contributed by atoms with Crippen LogP contribution in [0.2, 0.25) is 0 Å². The monoisotopic (exact) mass is 708 g/mol. The highest BCUT2D eigenvalue weighted by atomic mass is 16.4. The molecule has 0 amide bonds. The van der Waals surface area contributed by atoms with Crippen LogP contribution in [-0.2, 0) is 0 Å². The Morgan fingerprint density at radius 3 is 1.45 bits per heavy atom. The summed E-state index contributed by atoms with van der Waals surface area (Å²) < 4.78 is 14.4. The zero-order valence-electron chi connectivity index (χ0n) is 29.2. The molecule has 0 unspecified atom stereocenters. The first-order valence-corrected chi connectivity index (χ1v) is 18.0. The molecule has 4 aromatic heterocycles. The predicted molar refractivity (Wildman–Crippen MR) is 216 cm³/mol. The van der Waals surface area contributed by atoms with Crippen molar-refractivity contribution in [3.05, 3.63) is 170 Å². The van der Waals surface area contributed by atoms with Crippen molar-refractivity contribution in [1.29, 1.82) is 0 Å². The first kappa shape index (κ1) is 30.9. The third-order valence-electron chi connectivity index (χ3n) is 9.95. The second kappa shape index (κ2) is 12.5. The number of nitrogens with zero attached hydrogens (tertiary/aromatic N) is 6. The van der Waals surface area contributed by atoms with Crippen LogP contribution in [0.1, 0.15) is 0 Å². The minimum absolute atomic E-state index is 0.548. The third kappa shape index (κ3) is 5.27. The largest absolute Gasteiger partial charge is 0.436 e. The summed E-state index contributed by atoms with van der Waals surface area (Å²) in [6.07, 6.45) is 0. The minimum atomic E-state index is 0.548. The molecule has 0 aliphatic carbocycles. The standard InChI is InChI=1S/C47H28N6O2/c1-2-11-33(12-3-1)53-39-18-7-4-13-34(39)35-14-10-15-36(42(35)53)45-51-43(29-21-25-31(26-22-29)46-48-37-16-5-8-19-40(37)54-46)50-44(52-45)30-23-27-32(28-24-30)47-49-38-17-6-9-20-41(38)55-47/h1-28H. The molecular weight excluding hydrogens is 681 g/mol. The van der Waals surface area contributed by atoms with Crippen LogP contribution in [0.25, 0.3) is 107 Å². The zero-order chi connectivity index (χ0) is 36.3. The zero-order valence-corrected chi connectivity index (χ0v) is 29.2. The molecule has 0 radical (unpaired) electrons. The van der Waals surface area contributed by atoms with Gasteiger partial charge in [-0.05, 0) is 72.8 Å². The van der Waals surface area contributed by atoms with Crippen molar-refractivity contribution in [2.45, 2.75) is 0 Å². The van der Waals surface area contributed by atoms with Crippen LogP contribution >= 0.6 is 0 Å². The SMILES string of the molecule is c1ccc(-n2c3ccccc3c3cccc(-c4nc(-c5ccc(-c6nc7ccccc7o6)cc5)nc(-c5ccc(-c6nc7ccccc7o6)cc5)n4)c32)cc1. The summed E-state index contributed by atoms with van der Waals surface area (Å²) >= 11 is 0. The van der Waals surface area contributed by atoms with Crippen LogP contribution < -0.4 is 0 Å². The number of fused-ring (bicyclic) bond motifs is 5. The van der Waals surface area contributed by atoms with E-state index < -0.39 is 0 Å². The van der Waals surface area contributed by atoms with E-state index in [1.165, 1.54) is 0 Å². The van der Waals surface area contributed by atoms with Crippen LogP contribution in [0.15, 0.2) is 179 Å². The van der Waals surface area contributed by atoms with Gasteiger partial charge in [0.1, 0.15) is 11.0 Å². The maximum atomic E-state index is 6.06. The van der Waals surface area contributed by atoms with E-state index in [4.69, 9.17) is 33.8 Å². The predicted octanol–water partition coefficient (Wildman–Crippen LogP) is 11.6. The van der Waals surface area contributed by atoms with Gasteiger partial charge in [-0.1, -0.05) is 97.1 Å². The minimum Gasteiger partial charge on any atom is -0.436 e. The van der Waals surface area contributed by atoms with Gasteiger partial charge >= 0.3 is 0 Å². The number of para-hydroxylation sites is 7. The third-order valence-corrected chi connectivity index (χ3v) is 9.95. The molecule has 0 bridgehead atoms. The van der Waals surface area contributed by atoms with Gasteiger partial charge < -0.3 is 13.4 Å². The molecule has 8 heteroatoms. The van der Waals surface area contributed by atoms with Gasteiger partial charge in [-0.3, -0.25) is 0 Å². The summed E-state index contributed by atoms with van der Waals surface area (Å²) in [6.45, 7) is 0. The van der Waals surface area contributed by atoms with E-state index in [0.29, 0.717) is 29.3 Å². The van der Waals surface area contributed by atoms with Crippen LogP contribution in [-0.4, -0.2) is 29.5 Å². The Morgan fingerprint density at radius 1 is 0.364 bits per heavy atom. The number of benzene rings is 7. The molecule has 4 heterocycles. The molecular formula is C47H28N6O2. The molecule has 0 atom stereocenters. The summed E-state index contributed by atoms with van der Waals surface area (Å²) in [5, 5.41) is 2.27. The molecule has 0 saturated heterocycles. The molecule has 11 rings (SSSR count). The maximum absolute atomic E-state index is 6.06. The normalized spacial score (nSPS) is 11.6. The molecule has 0 aliphatic heterocycles. The fraction of sp³-hybridized carbons (Fsp3) is 0. The number of hydrogen-bond acceptors (Lipinski definition) is 7. The summed E-state index contributed by atoms with van der Waals surface area (Å²) in [5.74, 6) is 2.78. The van der Waals surface area contributed by atoms with Gasteiger partial charge in [-0.25, -0.2) is 24.9 Å². The van der Waals surface area contributed by atoms with Gasteiger partial charge in [0.25, 0.3) is 0 Å². The fourth-order valence-corrected chi connectivity index (χ4v) is 7.31. The topological polar surface area (TPSA) is 95.7 Å². The quantitative estimate of drug-likeness (QED) is 0.170. The first-order chi connectivity index (χ1) is 27.2. The van der Waals surface area contributed by atoms with Gasteiger partial charge in [0.2, 0.25) is 11.8 Å². The van der Waals surface area contributed by atoms with Crippen molar-refractivity contribution in [2.75, 3.05) is 0 Å². The Hall–Kier alpha value is -7.71. The van der Waals surface area contributed by atoms with E-state index in [0.717, 1.165) is 77.5 Å². The van der Waals surface area contributed by atoms with E-state index in [9.17, 15) is 0 Å². The Balaban J connectivity index is 1.08. The highest BCUT2D eigenvalue weighted by Crippen LogP contribution is 2.38. The number of oxazole rings is 2. The fourth-order valence-electron chi connectivity index (χ4n) is 7.31. The molecule has 258 valence electrons.